The number of methoxy groups -OCH3 is 1. The first kappa shape index (κ1) is 15.5. The highest BCUT2D eigenvalue weighted by Crippen LogP contribution is 2.35. The molecule has 0 fully saturated rings. The van der Waals surface area contributed by atoms with Gasteiger partial charge in [-0.1, -0.05) is 18.2 Å². The van der Waals surface area contributed by atoms with E-state index in [1.54, 1.807) is 12.2 Å². The Balaban J connectivity index is 2.28. The molecule has 0 unspecified atom stereocenters. The van der Waals surface area contributed by atoms with Crippen LogP contribution < -0.4 is 10.6 Å². The lowest BCUT2D eigenvalue weighted by Gasteiger charge is -2.13. The number of anilines is 1. The van der Waals surface area contributed by atoms with Gasteiger partial charge in [0.2, 0.25) is 5.91 Å². The molecule has 1 aliphatic rings. The molecule has 0 atom stereocenters. The molecule has 0 saturated heterocycles. The predicted octanol–water partition coefficient (Wildman–Crippen LogP) is 2.25. The molecule has 0 radical (unpaired) electrons. The van der Waals surface area contributed by atoms with Crippen LogP contribution in [-0.4, -0.2) is 25.5 Å². The van der Waals surface area contributed by atoms with Gasteiger partial charge in [0.05, 0.1) is 12.7 Å². The molecular weight excluding hydrogens is 288 g/mol. The Morgan fingerprint density at radius 2 is 2.19 bits per heavy atom. The second-order valence-corrected chi connectivity index (χ2v) is 5.61. The summed E-state index contributed by atoms with van der Waals surface area (Å²) in [4.78, 5) is 24.9. The van der Waals surface area contributed by atoms with Crippen LogP contribution >= 0.6 is 11.3 Å². The molecule has 0 spiro atoms. The number of fused-ring (bicyclic) bond motifs is 1. The second-order valence-electron chi connectivity index (χ2n) is 4.50. The van der Waals surface area contributed by atoms with Crippen LogP contribution in [0.4, 0.5) is 5.00 Å². The van der Waals surface area contributed by atoms with Crippen molar-refractivity contribution in [3.8, 4) is 0 Å². The third-order valence-electron chi connectivity index (χ3n) is 3.11. The number of esters is 1. The lowest BCUT2D eigenvalue weighted by Crippen LogP contribution is -2.23. The van der Waals surface area contributed by atoms with Crippen LogP contribution in [0.15, 0.2) is 24.3 Å². The fourth-order valence-electron chi connectivity index (χ4n) is 2.15. The number of allylic oxidation sites excluding steroid dienone is 3. The highest BCUT2D eigenvalue weighted by Gasteiger charge is 2.26. The molecule has 0 aliphatic carbocycles. The zero-order valence-electron chi connectivity index (χ0n) is 12.1. The van der Waals surface area contributed by atoms with Crippen LogP contribution in [0.2, 0.25) is 0 Å². The summed E-state index contributed by atoms with van der Waals surface area (Å²) in [7, 11) is 1.35. The maximum atomic E-state index is 12.0. The van der Waals surface area contributed by atoms with Gasteiger partial charge >= 0.3 is 5.97 Å². The minimum absolute atomic E-state index is 0.259. The molecule has 112 valence electrons. The van der Waals surface area contributed by atoms with Gasteiger partial charge < -0.3 is 15.4 Å². The van der Waals surface area contributed by atoms with Crippen molar-refractivity contribution in [1.82, 2.24) is 5.32 Å². The summed E-state index contributed by atoms with van der Waals surface area (Å²) in [5.74, 6) is -0.660. The van der Waals surface area contributed by atoms with Crippen molar-refractivity contribution in [2.45, 2.75) is 19.9 Å². The third kappa shape index (κ3) is 3.59. The van der Waals surface area contributed by atoms with E-state index >= 15 is 0 Å². The van der Waals surface area contributed by atoms with E-state index in [9.17, 15) is 9.59 Å². The van der Waals surface area contributed by atoms with Crippen LogP contribution in [0.1, 0.15) is 27.7 Å². The van der Waals surface area contributed by atoms with Crippen molar-refractivity contribution in [2.24, 2.45) is 0 Å². The Labute approximate surface area is 127 Å². The van der Waals surface area contributed by atoms with Crippen LogP contribution in [0.3, 0.4) is 0 Å². The largest absolute Gasteiger partial charge is 0.465 e. The van der Waals surface area contributed by atoms with Gasteiger partial charge in [-0.25, -0.2) is 4.79 Å². The second kappa shape index (κ2) is 7.19. The number of thiophene rings is 1. The number of hydrogen-bond donors (Lipinski definition) is 2. The zero-order chi connectivity index (χ0) is 15.2. The van der Waals surface area contributed by atoms with E-state index in [1.807, 2.05) is 13.0 Å². The van der Waals surface area contributed by atoms with Crippen LogP contribution in [0.5, 0.6) is 0 Å². The summed E-state index contributed by atoms with van der Waals surface area (Å²) in [6.45, 7) is 3.41. The molecule has 6 heteroatoms. The molecule has 21 heavy (non-hydrogen) atoms. The fraction of sp³-hybridized carbons (Fsp3) is 0.333. The smallest absolute Gasteiger partial charge is 0.341 e. The first-order valence-corrected chi connectivity index (χ1v) is 7.53. The average molecular weight is 306 g/mol. The van der Waals surface area contributed by atoms with E-state index in [0.717, 1.165) is 23.4 Å². The molecule has 0 aromatic carbocycles. The van der Waals surface area contributed by atoms with Crippen molar-refractivity contribution < 1.29 is 14.3 Å². The maximum absolute atomic E-state index is 12.0. The molecule has 1 aliphatic heterocycles. The van der Waals surface area contributed by atoms with Gasteiger partial charge in [0.25, 0.3) is 0 Å². The standard InChI is InChI=1S/C15H18N2O3S/c1-3-4-5-6-12(18)17-14-13(15(19)20-2)10-7-8-16-9-11(10)21-14/h3-6,16H,7-9H2,1-2H3,(H,17,18)/b4-3+,6-5+. The minimum Gasteiger partial charge on any atom is -0.465 e. The van der Waals surface area contributed by atoms with Crippen LogP contribution in [0, 0.1) is 0 Å². The summed E-state index contributed by atoms with van der Waals surface area (Å²) in [5, 5.41) is 6.59. The molecule has 0 saturated carbocycles. The lowest BCUT2D eigenvalue weighted by atomic mass is 10.0. The third-order valence-corrected chi connectivity index (χ3v) is 4.25. The zero-order valence-corrected chi connectivity index (χ0v) is 12.9. The fourth-order valence-corrected chi connectivity index (χ4v) is 3.36. The summed E-state index contributed by atoms with van der Waals surface area (Å²) in [6, 6.07) is 0. The van der Waals surface area contributed by atoms with Crippen LogP contribution in [0.25, 0.3) is 0 Å². The van der Waals surface area contributed by atoms with Gasteiger partial charge in [-0.05, 0) is 25.5 Å². The predicted molar refractivity (Wildman–Crippen MR) is 83.7 cm³/mol. The highest BCUT2D eigenvalue weighted by molar-refractivity contribution is 7.17. The molecule has 1 amide bonds. The van der Waals surface area contributed by atoms with Crippen molar-refractivity contribution in [1.29, 1.82) is 0 Å². The van der Waals surface area contributed by atoms with Gasteiger partial charge in [-0.15, -0.1) is 11.3 Å². The Morgan fingerprint density at radius 3 is 2.90 bits per heavy atom. The Kier molecular flexibility index (Phi) is 5.30. The molecule has 2 heterocycles. The van der Waals surface area contributed by atoms with Crippen molar-refractivity contribution in [2.75, 3.05) is 19.0 Å². The topological polar surface area (TPSA) is 67.4 Å². The Hall–Kier alpha value is -1.92. The van der Waals surface area contributed by atoms with Crippen molar-refractivity contribution in [3.05, 3.63) is 40.3 Å². The van der Waals surface area contributed by atoms with E-state index in [2.05, 4.69) is 10.6 Å². The lowest BCUT2D eigenvalue weighted by molar-refractivity contribution is -0.111. The first-order chi connectivity index (χ1) is 10.2. The van der Waals surface area contributed by atoms with Gasteiger partial charge in [-0.2, -0.15) is 0 Å². The van der Waals surface area contributed by atoms with E-state index in [1.165, 1.54) is 24.5 Å². The number of amides is 1. The number of carbonyl (C=O) groups excluding carboxylic acids is 2. The number of ether oxygens (including phenoxy) is 1. The Bertz CT molecular complexity index is 602. The molecule has 5 nitrogen and oxygen atoms in total. The quantitative estimate of drug-likeness (QED) is 0.509. The number of hydrogen-bond acceptors (Lipinski definition) is 5. The minimum atomic E-state index is -0.401. The van der Waals surface area contributed by atoms with E-state index < -0.39 is 5.97 Å². The summed E-state index contributed by atoms with van der Waals surface area (Å²) in [5.41, 5.74) is 1.48. The van der Waals surface area contributed by atoms with E-state index in [4.69, 9.17) is 4.74 Å². The molecular formula is C15H18N2O3S. The molecule has 2 rings (SSSR count). The SMILES string of the molecule is C/C=C/C=C/C(=O)Nc1sc2c(c1C(=O)OC)CCNC2. The molecule has 0 bridgehead atoms. The van der Waals surface area contributed by atoms with E-state index in [-0.39, 0.29) is 5.91 Å². The van der Waals surface area contributed by atoms with Gasteiger partial charge in [0.15, 0.2) is 0 Å². The average Bonchev–Trinajstić information content (AvgIpc) is 2.84. The maximum Gasteiger partial charge on any atom is 0.341 e. The van der Waals surface area contributed by atoms with E-state index in [0.29, 0.717) is 17.1 Å². The Morgan fingerprint density at radius 1 is 1.38 bits per heavy atom. The molecule has 2 N–H and O–H groups in total. The highest BCUT2D eigenvalue weighted by atomic mass is 32.1. The van der Waals surface area contributed by atoms with Crippen molar-refractivity contribution in [3.63, 3.8) is 0 Å². The monoisotopic (exact) mass is 306 g/mol. The number of rotatable bonds is 4. The van der Waals surface area contributed by atoms with Crippen LogP contribution in [-0.2, 0) is 22.5 Å². The molecule has 1 aromatic rings. The van der Waals surface area contributed by atoms with Gasteiger partial charge in [0, 0.05) is 17.5 Å². The normalized spacial score (nSPS) is 14.4. The molecule has 1 aromatic heterocycles. The number of carbonyl (C=O) groups is 2. The summed E-state index contributed by atoms with van der Waals surface area (Å²) >= 11 is 1.43. The van der Waals surface area contributed by atoms with Crippen molar-refractivity contribution >= 4 is 28.2 Å². The van der Waals surface area contributed by atoms with Gasteiger partial charge in [0.1, 0.15) is 5.00 Å². The number of nitrogens with one attached hydrogen (secondary N) is 2. The first-order valence-electron chi connectivity index (χ1n) is 6.71. The summed E-state index contributed by atoms with van der Waals surface area (Å²) in [6.07, 6.45) is 7.45. The summed E-state index contributed by atoms with van der Waals surface area (Å²) < 4.78 is 4.85. The van der Waals surface area contributed by atoms with Gasteiger partial charge in [-0.3, -0.25) is 4.79 Å².